The third-order valence-electron chi connectivity index (χ3n) is 3.19. The maximum absolute atomic E-state index is 10.2. The van der Waals surface area contributed by atoms with E-state index in [0.29, 0.717) is 6.42 Å². The maximum Gasteiger partial charge on any atom is 0.0796 e. The van der Waals surface area contributed by atoms with Crippen LogP contribution in [0, 0.1) is 6.92 Å². The number of benzene rings is 1. The molecule has 0 amide bonds. The molecule has 1 N–H and O–H groups in total. The van der Waals surface area contributed by atoms with Gasteiger partial charge in [0.05, 0.1) is 6.10 Å². The number of hydrogen-bond acceptors (Lipinski definition) is 2. The van der Waals surface area contributed by atoms with E-state index in [4.69, 9.17) is 0 Å². The topological polar surface area (TPSA) is 38.1 Å². The maximum atomic E-state index is 10.2. The summed E-state index contributed by atoms with van der Waals surface area (Å²) in [5.74, 6) is 0. The highest BCUT2D eigenvalue weighted by molar-refractivity contribution is 9.10. The van der Waals surface area contributed by atoms with Crippen LogP contribution in [0.5, 0.6) is 0 Å². The van der Waals surface area contributed by atoms with Crippen LogP contribution in [0.4, 0.5) is 0 Å². The molecule has 0 saturated carbocycles. The van der Waals surface area contributed by atoms with E-state index in [9.17, 15) is 5.11 Å². The second kappa shape index (κ2) is 5.67. The summed E-state index contributed by atoms with van der Waals surface area (Å²) in [6.07, 6.45) is 2.90. The molecule has 0 aliphatic carbocycles. The highest BCUT2D eigenvalue weighted by Crippen LogP contribution is 2.24. The molecule has 1 aromatic heterocycles. The number of aliphatic hydroxyl groups excluding tert-OH is 1. The molecular formula is C14H17BrN2O. The molecule has 18 heavy (non-hydrogen) atoms. The van der Waals surface area contributed by atoms with Crippen LogP contribution in [0.2, 0.25) is 0 Å². The van der Waals surface area contributed by atoms with Gasteiger partial charge in [0.15, 0.2) is 0 Å². The van der Waals surface area contributed by atoms with Crippen molar-refractivity contribution in [3.05, 3.63) is 51.8 Å². The summed E-state index contributed by atoms with van der Waals surface area (Å²) in [5.41, 5.74) is 3.26. The summed E-state index contributed by atoms with van der Waals surface area (Å²) >= 11 is 3.43. The number of aryl methyl sites for hydroxylation is 3. The zero-order valence-corrected chi connectivity index (χ0v) is 12.2. The fraction of sp³-hybridized carbons (Fsp3) is 0.357. The molecule has 1 unspecified atom stereocenters. The second-order valence-electron chi connectivity index (χ2n) is 4.50. The van der Waals surface area contributed by atoms with E-state index in [1.165, 1.54) is 0 Å². The van der Waals surface area contributed by atoms with Gasteiger partial charge in [0.25, 0.3) is 0 Å². The normalized spacial score (nSPS) is 12.7. The van der Waals surface area contributed by atoms with Crippen molar-refractivity contribution in [2.75, 3.05) is 0 Å². The molecule has 0 aliphatic heterocycles. The van der Waals surface area contributed by atoms with E-state index in [-0.39, 0.29) is 0 Å². The molecule has 3 nitrogen and oxygen atoms in total. The lowest BCUT2D eigenvalue weighted by Gasteiger charge is -2.14. The SMILES string of the molecule is Cc1cc(Br)ccc1C(O)CCc1ccnn1C. The average molecular weight is 309 g/mol. The fourth-order valence-corrected chi connectivity index (χ4v) is 2.58. The Morgan fingerprint density at radius 3 is 2.78 bits per heavy atom. The third kappa shape index (κ3) is 3.00. The summed E-state index contributed by atoms with van der Waals surface area (Å²) in [6.45, 7) is 2.02. The summed E-state index contributed by atoms with van der Waals surface area (Å²) < 4.78 is 2.89. The Kier molecular flexibility index (Phi) is 4.19. The van der Waals surface area contributed by atoms with E-state index in [1.54, 1.807) is 6.20 Å². The van der Waals surface area contributed by atoms with E-state index in [0.717, 1.165) is 27.7 Å². The van der Waals surface area contributed by atoms with Crippen LogP contribution < -0.4 is 0 Å². The van der Waals surface area contributed by atoms with Crippen molar-refractivity contribution in [1.29, 1.82) is 0 Å². The van der Waals surface area contributed by atoms with Gasteiger partial charge in [-0.3, -0.25) is 4.68 Å². The van der Waals surface area contributed by atoms with Crippen LogP contribution in [0.15, 0.2) is 34.9 Å². The molecule has 1 atom stereocenters. The predicted octanol–water partition coefficient (Wildman–Crippen LogP) is 3.16. The van der Waals surface area contributed by atoms with E-state index in [2.05, 4.69) is 21.0 Å². The molecule has 0 spiro atoms. The first-order chi connectivity index (χ1) is 8.58. The Bertz CT molecular complexity index is 536. The van der Waals surface area contributed by atoms with Gasteiger partial charge in [-0.2, -0.15) is 5.10 Å². The van der Waals surface area contributed by atoms with Crippen LogP contribution in [0.1, 0.15) is 29.3 Å². The Morgan fingerprint density at radius 2 is 2.17 bits per heavy atom. The standard InChI is InChI=1S/C14H17BrN2O/c1-10-9-11(15)3-5-13(10)14(18)6-4-12-7-8-16-17(12)2/h3,5,7-9,14,18H,4,6H2,1-2H3. The smallest absolute Gasteiger partial charge is 0.0796 e. The van der Waals surface area contributed by atoms with Gasteiger partial charge in [-0.25, -0.2) is 0 Å². The number of nitrogens with zero attached hydrogens (tertiary/aromatic N) is 2. The largest absolute Gasteiger partial charge is 0.388 e. The van der Waals surface area contributed by atoms with Crippen molar-refractivity contribution in [2.24, 2.45) is 7.05 Å². The zero-order valence-electron chi connectivity index (χ0n) is 10.6. The van der Waals surface area contributed by atoms with Crippen LogP contribution in [-0.2, 0) is 13.5 Å². The first-order valence-corrected chi connectivity index (χ1v) is 6.78. The van der Waals surface area contributed by atoms with Crippen molar-refractivity contribution < 1.29 is 5.11 Å². The first kappa shape index (κ1) is 13.3. The van der Waals surface area contributed by atoms with Gasteiger partial charge in [0.1, 0.15) is 0 Å². The van der Waals surface area contributed by atoms with Gasteiger partial charge >= 0.3 is 0 Å². The van der Waals surface area contributed by atoms with Gasteiger partial charge < -0.3 is 5.11 Å². The molecule has 2 aromatic rings. The van der Waals surface area contributed by atoms with Crippen molar-refractivity contribution >= 4 is 15.9 Å². The Balaban J connectivity index is 2.03. The lowest BCUT2D eigenvalue weighted by atomic mass is 9.99. The number of aromatic nitrogens is 2. The zero-order chi connectivity index (χ0) is 13.1. The van der Waals surface area contributed by atoms with Crippen LogP contribution in [-0.4, -0.2) is 14.9 Å². The van der Waals surface area contributed by atoms with Gasteiger partial charge in [0, 0.05) is 23.4 Å². The molecule has 1 aromatic carbocycles. The molecule has 0 bridgehead atoms. The highest BCUT2D eigenvalue weighted by Gasteiger charge is 2.11. The predicted molar refractivity (Wildman–Crippen MR) is 75.4 cm³/mol. The van der Waals surface area contributed by atoms with Crippen LogP contribution in [0.25, 0.3) is 0 Å². The number of aliphatic hydroxyl groups is 1. The molecule has 96 valence electrons. The number of halogens is 1. The third-order valence-corrected chi connectivity index (χ3v) is 3.68. The molecule has 0 fully saturated rings. The minimum Gasteiger partial charge on any atom is -0.388 e. The number of hydrogen-bond donors (Lipinski definition) is 1. The van der Waals surface area contributed by atoms with Gasteiger partial charge in [0.2, 0.25) is 0 Å². The number of rotatable bonds is 4. The first-order valence-electron chi connectivity index (χ1n) is 5.99. The Labute approximate surface area is 116 Å². The van der Waals surface area contributed by atoms with E-state index < -0.39 is 6.10 Å². The van der Waals surface area contributed by atoms with E-state index in [1.807, 2.05) is 42.9 Å². The van der Waals surface area contributed by atoms with Gasteiger partial charge in [-0.05, 0) is 49.1 Å². The summed E-state index contributed by atoms with van der Waals surface area (Å²) in [4.78, 5) is 0. The van der Waals surface area contributed by atoms with Crippen molar-refractivity contribution in [3.63, 3.8) is 0 Å². The highest BCUT2D eigenvalue weighted by atomic mass is 79.9. The summed E-state index contributed by atoms with van der Waals surface area (Å²) in [6, 6.07) is 7.97. The summed E-state index contributed by atoms with van der Waals surface area (Å²) in [7, 11) is 1.92. The fourth-order valence-electron chi connectivity index (χ4n) is 2.10. The summed E-state index contributed by atoms with van der Waals surface area (Å²) in [5, 5.41) is 14.4. The Morgan fingerprint density at radius 1 is 1.39 bits per heavy atom. The molecule has 4 heteroatoms. The quantitative estimate of drug-likeness (QED) is 0.942. The monoisotopic (exact) mass is 308 g/mol. The van der Waals surface area contributed by atoms with Crippen LogP contribution in [0.3, 0.4) is 0 Å². The van der Waals surface area contributed by atoms with Crippen molar-refractivity contribution in [1.82, 2.24) is 9.78 Å². The van der Waals surface area contributed by atoms with Gasteiger partial charge in [-0.15, -0.1) is 0 Å². The van der Waals surface area contributed by atoms with Crippen molar-refractivity contribution in [2.45, 2.75) is 25.9 Å². The minimum atomic E-state index is -0.423. The average Bonchev–Trinajstić information content (AvgIpc) is 2.72. The lowest BCUT2D eigenvalue weighted by Crippen LogP contribution is -2.04. The minimum absolute atomic E-state index is 0.423. The molecule has 2 rings (SSSR count). The second-order valence-corrected chi connectivity index (χ2v) is 5.42. The molecule has 0 radical (unpaired) electrons. The molecular weight excluding hydrogens is 292 g/mol. The lowest BCUT2D eigenvalue weighted by molar-refractivity contribution is 0.166. The van der Waals surface area contributed by atoms with Crippen LogP contribution >= 0.6 is 15.9 Å². The molecule has 0 saturated heterocycles. The molecule has 1 heterocycles. The Hall–Kier alpha value is -1.13. The van der Waals surface area contributed by atoms with Gasteiger partial charge in [-0.1, -0.05) is 22.0 Å². The molecule has 0 aliphatic rings. The van der Waals surface area contributed by atoms with E-state index >= 15 is 0 Å². The van der Waals surface area contributed by atoms with Crippen molar-refractivity contribution in [3.8, 4) is 0 Å².